The molecule has 0 amide bonds. The van der Waals surface area contributed by atoms with Crippen LogP contribution in [0.5, 0.6) is 0 Å². The summed E-state index contributed by atoms with van der Waals surface area (Å²) in [6.45, 7) is 5.60. The molecular weight excluding hydrogens is 201 g/mol. The van der Waals surface area contributed by atoms with Crippen LogP contribution in [0.25, 0.3) is 0 Å². The molecule has 1 aromatic carbocycles. The van der Waals surface area contributed by atoms with Crippen LogP contribution in [0.4, 0.5) is 4.39 Å². The number of benzene rings is 1. The lowest BCUT2D eigenvalue weighted by atomic mass is 10.0. The van der Waals surface area contributed by atoms with Crippen molar-refractivity contribution < 1.29 is 4.39 Å². The van der Waals surface area contributed by atoms with E-state index in [0.29, 0.717) is 17.0 Å². The van der Waals surface area contributed by atoms with Gasteiger partial charge in [0, 0.05) is 16.6 Å². The van der Waals surface area contributed by atoms with E-state index < -0.39 is 0 Å². The van der Waals surface area contributed by atoms with Gasteiger partial charge in [-0.1, -0.05) is 17.2 Å². The zero-order valence-corrected chi connectivity index (χ0v) is 8.81. The van der Waals surface area contributed by atoms with Crippen molar-refractivity contribution in [1.82, 2.24) is 0 Å². The minimum Gasteiger partial charge on any atom is -0.324 e. The van der Waals surface area contributed by atoms with Crippen LogP contribution in [0, 0.1) is 5.82 Å². The van der Waals surface area contributed by atoms with Crippen LogP contribution in [0.3, 0.4) is 0 Å². The summed E-state index contributed by atoms with van der Waals surface area (Å²) in [6.07, 6.45) is 0.567. The molecule has 0 spiro atoms. The van der Waals surface area contributed by atoms with Gasteiger partial charge < -0.3 is 5.73 Å². The van der Waals surface area contributed by atoms with Gasteiger partial charge in [0.25, 0.3) is 0 Å². The van der Waals surface area contributed by atoms with Gasteiger partial charge in [0.2, 0.25) is 0 Å². The standard InChI is InChI=1S/C11H13ClFN/c1-7(2)5-11(14)9-6-8(12)3-4-10(9)13/h3-4,6,11H,1,5,14H2,2H3/t11-/m1/s1. The van der Waals surface area contributed by atoms with E-state index in [-0.39, 0.29) is 11.9 Å². The predicted octanol–water partition coefficient (Wildman–Crippen LogP) is 3.45. The molecule has 0 saturated heterocycles. The third-order valence-corrected chi connectivity index (χ3v) is 2.16. The lowest BCUT2D eigenvalue weighted by Gasteiger charge is -2.12. The van der Waals surface area contributed by atoms with Crippen molar-refractivity contribution in [2.24, 2.45) is 5.73 Å². The van der Waals surface area contributed by atoms with E-state index in [1.807, 2.05) is 6.92 Å². The zero-order chi connectivity index (χ0) is 10.7. The smallest absolute Gasteiger partial charge is 0.128 e. The first-order chi connectivity index (χ1) is 6.50. The quantitative estimate of drug-likeness (QED) is 0.765. The van der Waals surface area contributed by atoms with Crippen molar-refractivity contribution in [3.05, 3.63) is 46.8 Å². The second-order valence-electron chi connectivity index (χ2n) is 3.43. The van der Waals surface area contributed by atoms with Crippen molar-refractivity contribution in [1.29, 1.82) is 0 Å². The molecule has 0 aliphatic heterocycles. The minimum absolute atomic E-state index is 0.317. The second kappa shape index (κ2) is 4.58. The number of halogens is 2. The molecule has 1 atom stereocenters. The molecule has 14 heavy (non-hydrogen) atoms. The van der Waals surface area contributed by atoms with Gasteiger partial charge in [-0.25, -0.2) is 4.39 Å². The number of hydrogen-bond acceptors (Lipinski definition) is 1. The third-order valence-electron chi connectivity index (χ3n) is 1.93. The van der Waals surface area contributed by atoms with E-state index in [1.54, 1.807) is 6.07 Å². The average Bonchev–Trinajstić information content (AvgIpc) is 2.08. The van der Waals surface area contributed by atoms with E-state index in [1.165, 1.54) is 12.1 Å². The Bertz CT molecular complexity index is 349. The van der Waals surface area contributed by atoms with Crippen molar-refractivity contribution in [3.63, 3.8) is 0 Å². The Hall–Kier alpha value is -0.860. The molecule has 0 aromatic heterocycles. The fraction of sp³-hybridized carbons (Fsp3) is 0.273. The fourth-order valence-electron chi connectivity index (χ4n) is 1.28. The lowest BCUT2D eigenvalue weighted by Crippen LogP contribution is -2.12. The SMILES string of the molecule is C=C(C)C[C@@H](N)c1cc(Cl)ccc1F. The maximum atomic E-state index is 13.3. The first kappa shape index (κ1) is 11.2. The Morgan fingerprint density at radius 3 is 2.86 bits per heavy atom. The predicted molar refractivity (Wildman–Crippen MR) is 57.8 cm³/mol. The Morgan fingerprint density at radius 1 is 1.64 bits per heavy atom. The highest BCUT2D eigenvalue weighted by atomic mass is 35.5. The van der Waals surface area contributed by atoms with Crippen LogP contribution < -0.4 is 5.73 Å². The van der Waals surface area contributed by atoms with Gasteiger partial charge in [0.1, 0.15) is 5.82 Å². The molecule has 1 nitrogen and oxygen atoms in total. The van der Waals surface area contributed by atoms with Gasteiger partial charge in [-0.2, -0.15) is 0 Å². The normalized spacial score (nSPS) is 12.6. The summed E-state index contributed by atoms with van der Waals surface area (Å²) in [7, 11) is 0. The van der Waals surface area contributed by atoms with Crippen molar-refractivity contribution in [3.8, 4) is 0 Å². The summed E-state index contributed by atoms with van der Waals surface area (Å²) in [5.74, 6) is -0.317. The van der Waals surface area contributed by atoms with Crippen LogP contribution >= 0.6 is 11.6 Å². The topological polar surface area (TPSA) is 26.0 Å². The molecule has 1 rings (SSSR count). The van der Waals surface area contributed by atoms with Crippen LogP contribution in [0.2, 0.25) is 5.02 Å². The molecule has 0 saturated carbocycles. The van der Waals surface area contributed by atoms with Crippen LogP contribution in [-0.4, -0.2) is 0 Å². The summed E-state index contributed by atoms with van der Waals surface area (Å²) in [4.78, 5) is 0. The lowest BCUT2D eigenvalue weighted by molar-refractivity contribution is 0.580. The Labute approximate surface area is 88.4 Å². The van der Waals surface area contributed by atoms with Crippen molar-refractivity contribution in [2.75, 3.05) is 0 Å². The highest BCUT2D eigenvalue weighted by molar-refractivity contribution is 6.30. The molecular formula is C11H13ClFN. The molecule has 0 fully saturated rings. The first-order valence-electron chi connectivity index (χ1n) is 4.35. The Balaban J connectivity index is 2.93. The van der Waals surface area contributed by atoms with Gasteiger partial charge in [-0.05, 0) is 31.5 Å². The molecule has 0 aliphatic rings. The van der Waals surface area contributed by atoms with Gasteiger partial charge in [0.15, 0.2) is 0 Å². The highest BCUT2D eigenvalue weighted by Gasteiger charge is 2.11. The monoisotopic (exact) mass is 213 g/mol. The summed E-state index contributed by atoms with van der Waals surface area (Å²) >= 11 is 5.75. The molecule has 0 bridgehead atoms. The molecule has 1 aromatic rings. The van der Waals surface area contributed by atoms with E-state index in [4.69, 9.17) is 17.3 Å². The minimum atomic E-state index is -0.369. The number of hydrogen-bond donors (Lipinski definition) is 1. The molecule has 76 valence electrons. The Morgan fingerprint density at radius 2 is 2.29 bits per heavy atom. The molecule has 0 radical (unpaired) electrons. The zero-order valence-electron chi connectivity index (χ0n) is 8.06. The fourth-order valence-corrected chi connectivity index (χ4v) is 1.46. The molecule has 3 heteroatoms. The first-order valence-corrected chi connectivity index (χ1v) is 4.73. The number of rotatable bonds is 3. The van der Waals surface area contributed by atoms with Gasteiger partial charge >= 0.3 is 0 Å². The van der Waals surface area contributed by atoms with Crippen molar-refractivity contribution in [2.45, 2.75) is 19.4 Å². The maximum absolute atomic E-state index is 13.3. The maximum Gasteiger partial charge on any atom is 0.128 e. The van der Waals surface area contributed by atoms with Crippen molar-refractivity contribution >= 4 is 11.6 Å². The molecule has 0 unspecified atom stereocenters. The largest absolute Gasteiger partial charge is 0.324 e. The number of nitrogens with two attached hydrogens (primary N) is 1. The summed E-state index contributed by atoms with van der Waals surface area (Å²) < 4.78 is 13.3. The van der Waals surface area contributed by atoms with E-state index in [9.17, 15) is 4.39 Å². The molecule has 0 heterocycles. The van der Waals surface area contributed by atoms with Crippen LogP contribution in [0.1, 0.15) is 24.9 Å². The van der Waals surface area contributed by atoms with E-state index in [2.05, 4.69) is 6.58 Å². The van der Waals surface area contributed by atoms with E-state index >= 15 is 0 Å². The highest BCUT2D eigenvalue weighted by Crippen LogP contribution is 2.23. The van der Waals surface area contributed by atoms with E-state index in [0.717, 1.165) is 5.57 Å². The molecule has 2 N–H and O–H groups in total. The van der Waals surface area contributed by atoms with Gasteiger partial charge in [0.05, 0.1) is 0 Å². The van der Waals surface area contributed by atoms with Crippen LogP contribution in [0.15, 0.2) is 30.4 Å². The van der Waals surface area contributed by atoms with Gasteiger partial charge in [-0.3, -0.25) is 0 Å². The summed E-state index contributed by atoms with van der Waals surface area (Å²) in [5, 5.41) is 0.499. The Kier molecular flexibility index (Phi) is 3.67. The van der Waals surface area contributed by atoms with Crippen LogP contribution in [-0.2, 0) is 0 Å². The van der Waals surface area contributed by atoms with Gasteiger partial charge in [-0.15, -0.1) is 6.58 Å². The molecule has 0 aliphatic carbocycles. The average molecular weight is 214 g/mol. The summed E-state index contributed by atoms with van der Waals surface area (Å²) in [6, 6.07) is 4.03. The third kappa shape index (κ3) is 2.82. The second-order valence-corrected chi connectivity index (χ2v) is 3.87. The summed E-state index contributed by atoms with van der Waals surface area (Å²) in [5.41, 5.74) is 7.18.